The van der Waals surface area contributed by atoms with Crippen LogP contribution >= 0.6 is 11.8 Å². The molecule has 2 aromatic carbocycles. The second-order valence-electron chi connectivity index (χ2n) is 4.79. The Kier molecular flexibility index (Phi) is 6.10. The van der Waals surface area contributed by atoms with Crippen molar-refractivity contribution in [3.05, 3.63) is 54.1 Å². The van der Waals surface area contributed by atoms with Gasteiger partial charge in [-0.05, 0) is 48.0 Å². The molecular formula is C16H15F3N2O2S. The van der Waals surface area contributed by atoms with Crippen LogP contribution in [0.2, 0.25) is 0 Å². The topological polar surface area (TPSA) is 61.4 Å². The zero-order valence-electron chi connectivity index (χ0n) is 12.4. The molecule has 0 heterocycles. The Balaban J connectivity index is 2.04. The fourth-order valence-corrected chi connectivity index (χ4v) is 2.64. The standard InChI is InChI=1S/C16H15F3N2O2S/c17-16(18,19)24-13-6-3-5-12(10-13)20-15(23)21-14-7-2-1-4-11(14)8-9-22/h1-7,10,22H,8-9H2,(H2,20,21,23). The Morgan fingerprint density at radius 2 is 1.83 bits per heavy atom. The number of alkyl halides is 3. The van der Waals surface area contributed by atoms with Gasteiger partial charge < -0.3 is 15.7 Å². The van der Waals surface area contributed by atoms with Gasteiger partial charge in [-0.15, -0.1) is 0 Å². The number of para-hydroxylation sites is 1. The highest BCUT2D eigenvalue weighted by molar-refractivity contribution is 8.00. The predicted molar refractivity (Wildman–Crippen MR) is 88.2 cm³/mol. The number of anilines is 2. The maximum Gasteiger partial charge on any atom is 0.446 e. The molecule has 0 bridgehead atoms. The summed E-state index contributed by atoms with van der Waals surface area (Å²) in [6.45, 7) is -0.0585. The average Bonchev–Trinajstić information content (AvgIpc) is 2.48. The van der Waals surface area contributed by atoms with E-state index >= 15 is 0 Å². The number of hydrogen-bond donors (Lipinski definition) is 3. The van der Waals surface area contributed by atoms with Crippen LogP contribution in [0.4, 0.5) is 29.3 Å². The third-order valence-electron chi connectivity index (χ3n) is 2.97. The number of aliphatic hydroxyl groups is 1. The molecule has 2 aromatic rings. The van der Waals surface area contributed by atoms with Crippen molar-refractivity contribution in [1.29, 1.82) is 0 Å². The van der Waals surface area contributed by atoms with Crippen molar-refractivity contribution in [3.8, 4) is 0 Å². The van der Waals surface area contributed by atoms with E-state index in [1.54, 1.807) is 24.3 Å². The molecule has 0 radical (unpaired) electrons. The van der Waals surface area contributed by atoms with Gasteiger partial charge in [0.25, 0.3) is 0 Å². The van der Waals surface area contributed by atoms with Crippen LogP contribution in [-0.4, -0.2) is 23.3 Å². The van der Waals surface area contributed by atoms with E-state index in [1.165, 1.54) is 24.3 Å². The van der Waals surface area contributed by atoms with E-state index in [2.05, 4.69) is 10.6 Å². The molecule has 128 valence electrons. The summed E-state index contributed by atoms with van der Waals surface area (Å²) in [5.41, 5.74) is -2.84. The van der Waals surface area contributed by atoms with E-state index in [4.69, 9.17) is 5.11 Å². The van der Waals surface area contributed by atoms with Gasteiger partial charge in [0.2, 0.25) is 0 Å². The lowest BCUT2D eigenvalue weighted by molar-refractivity contribution is -0.0328. The van der Waals surface area contributed by atoms with Gasteiger partial charge in [-0.3, -0.25) is 0 Å². The van der Waals surface area contributed by atoms with Crippen LogP contribution in [0, 0.1) is 0 Å². The first kappa shape index (κ1) is 18.2. The molecule has 0 atom stereocenters. The predicted octanol–water partition coefficient (Wildman–Crippen LogP) is 4.48. The molecule has 0 spiro atoms. The first-order valence-electron chi connectivity index (χ1n) is 7.00. The van der Waals surface area contributed by atoms with Gasteiger partial charge in [-0.2, -0.15) is 13.2 Å². The Hall–Kier alpha value is -2.19. The zero-order valence-corrected chi connectivity index (χ0v) is 13.2. The number of carbonyl (C=O) groups excluding carboxylic acids is 1. The zero-order chi connectivity index (χ0) is 17.6. The normalized spacial score (nSPS) is 11.2. The Bertz CT molecular complexity index is 708. The molecule has 24 heavy (non-hydrogen) atoms. The van der Waals surface area contributed by atoms with Crippen molar-refractivity contribution in [1.82, 2.24) is 0 Å². The van der Waals surface area contributed by atoms with Gasteiger partial charge in [0.1, 0.15) is 0 Å². The highest BCUT2D eigenvalue weighted by atomic mass is 32.2. The highest BCUT2D eigenvalue weighted by Crippen LogP contribution is 2.37. The molecule has 0 aliphatic rings. The fraction of sp³-hybridized carbons (Fsp3) is 0.188. The molecule has 0 saturated heterocycles. The molecule has 0 aromatic heterocycles. The first-order chi connectivity index (χ1) is 11.4. The van der Waals surface area contributed by atoms with Crippen LogP contribution in [0.5, 0.6) is 0 Å². The van der Waals surface area contributed by atoms with Crippen molar-refractivity contribution in [2.45, 2.75) is 16.8 Å². The smallest absolute Gasteiger partial charge is 0.396 e. The summed E-state index contributed by atoms with van der Waals surface area (Å²) in [7, 11) is 0. The van der Waals surface area contributed by atoms with E-state index in [9.17, 15) is 18.0 Å². The summed E-state index contributed by atoms with van der Waals surface area (Å²) in [6, 6.07) is 11.9. The van der Waals surface area contributed by atoms with Crippen molar-refractivity contribution in [2.75, 3.05) is 17.2 Å². The van der Waals surface area contributed by atoms with Crippen LogP contribution in [0.3, 0.4) is 0 Å². The van der Waals surface area contributed by atoms with Crippen LogP contribution in [0.15, 0.2) is 53.4 Å². The van der Waals surface area contributed by atoms with Crippen LogP contribution in [0.25, 0.3) is 0 Å². The Morgan fingerprint density at radius 1 is 1.08 bits per heavy atom. The number of hydrogen-bond acceptors (Lipinski definition) is 3. The summed E-state index contributed by atoms with van der Waals surface area (Å²) < 4.78 is 37.1. The van der Waals surface area contributed by atoms with Gasteiger partial charge in [-0.25, -0.2) is 4.79 Å². The maximum absolute atomic E-state index is 12.4. The molecule has 2 rings (SSSR count). The third-order valence-corrected chi connectivity index (χ3v) is 3.69. The Morgan fingerprint density at radius 3 is 2.54 bits per heavy atom. The molecular weight excluding hydrogens is 341 g/mol. The van der Waals surface area contributed by atoms with Gasteiger partial charge in [0.05, 0.1) is 0 Å². The number of halogens is 3. The lowest BCUT2D eigenvalue weighted by atomic mass is 10.1. The van der Waals surface area contributed by atoms with Crippen molar-refractivity contribution >= 4 is 29.2 Å². The molecule has 0 aliphatic carbocycles. The molecule has 3 N–H and O–H groups in total. The molecule has 0 aliphatic heterocycles. The number of urea groups is 1. The first-order valence-corrected chi connectivity index (χ1v) is 7.81. The number of carbonyl (C=O) groups is 1. The van der Waals surface area contributed by atoms with Crippen molar-refractivity contribution in [3.63, 3.8) is 0 Å². The minimum absolute atomic E-state index is 0.0130. The van der Waals surface area contributed by atoms with Crippen LogP contribution in [-0.2, 0) is 6.42 Å². The lowest BCUT2D eigenvalue weighted by Gasteiger charge is -2.12. The summed E-state index contributed by atoms with van der Waals surface area (Å²) in [6.07, 6.45) is 0.383. The summed E-state index contributed by atoms with van der Waals surface area (Å²) >= 11 is -0.244. The van der Waals surface area contributed by atoms with E-state index in [0.29, 0.717) is 12.1 Å². The van der Waals surface area contributed by atoms with Crippen molar-refractivity contribution < 1.29 is 23.1 Å². The number of benzene rings is 2. The summed E-state index contributed by atoms with van der Waals surface area (Å²) in [5, 5.41) is 14.1. The fourth-order valence-electron chi connectivity index (χ4n) is 2.04. The summed E-state index contributed by atoms with van der Waals surface area (Å²) in [5.74, 6) is 0. The summed E-state index contributed by atoms with van der Waals surface area (Å²) in [4.78, 5) is 12.0. The number of amides is 2. The molecule has 4 nitrogen and oxygen atoms in total. The van der Waals surface area contributed by atoms with Gasteiger partial charge in [0, 0.05) is 22.9 Å². The monoisotopic (exact) mass is 356 g/mol. The second kappa shape index (κ2) is 8.07. The highest BCUT2D eigenvalue weighted by Gasteiger charge is 2.29. The quantitative estimate of drug-likeness (QED) is 0.693. The number of rotatable bonds is 5. The van der Waals surface area contributed by atoms with Crippen LogP contribution < -0.4 is 10.6 Å². The number of aliphatic hydroxyl groups excluding tert-OH is 1. The molecule has 0 saturated carbocycles. The van der Waals surface area contributed by atoms with E-state index in [0.717, 1.165) is 5.56 Å². The van der Waals surface area contributed by atoms with Crippen LogP contribution in [0.1, 0.15) is 5.56 Å². The van der Waals surface area contributed by atoms with E-state index in [1.807, 2.05) is 0 Å². The molecule has 0 unspecified atom stereocenters. The Labute approximate surface area is 141 Å². The van der Waals surface area contributed by atoms with E-state index < -0.39 is 11.5 Å². The minimum Gasteiger partial charge on any atom is -0.396 e. The average molecular weight is 356 g/mol. The maximum atomic E-state index is 12.4. The van der Waals surface area contributed by atoms with E-state index in [-0.39, 0.29) is 29.0 Å². The third kappa shape index (κ3) is 5.78. The lowest BCUT2D eigenvalue weighted by Crippen LogP contribution is -2.20. The molecule has 2 amide bonds. The second-order valence-corrected chi connectivity index (χ2v) is 5.92. The largest absolute Gasteiger partial charge is 0.446 e. The minimum atomic E-state index is -4.38. The van der Waals surface area contributed by atoms with Gasteiger partial charge >= 0.3 is 11.5 Å². The molecule has 0 fully saturated rings. The number of thioether (sulfide) groups is 1. The van der Waals surface area contributed by atoms with Gasteiger partial charge in [0.15, 0.2) is 0 Å². The van der Waals surface area contributed by atoms with Gasteiger partial charge in [-0.1, -0.05) is 24.3 Å². The number of nitrogens with one attached hydrogen (secondary N) is 2. The SMILES string of the molecule is O=C(Nc1cccc(SC(F)(F)F)c1)Nc1ccccc1CCO. The molecule has 8 heteroatoms. The van der Waals surface area contributed by atoms with Crippen molar-refractivity contribution in [2.24, 2.45) is 0 Å².